The molecule has 0 aliphatic heterocycles. The van der Waals surface area contributed by atoms with Gasteiger partial charge >= 0.3 is 0 Å². The van der Waals surface area contributed by atoms with Crippen molar-refractivity contribution in [2.24, 2.45) is 0 Å². The standard InChI is InChI=1S/C25H22O6/c1-27-17-11-9-15(10-12-17)22-23(26)18-7-5-6-8-19(18)31-24(22)16-13-20(28-2)25(30-4)21(14-16)29-3/h5-14H,1-4H3. The Kier molecular flexibility index (Phi) is 5.54. The van der Waals surface area contributed by atoms with Crippen LogP contribution in [0, 0.1) is 0 Å². The zero-order valence-corrected chi connectivity index (χ0v) is 17.7. The Bertz CT molecular complexity index is 1260. The van der Waals surface area contributed by atoms with Crippen molar-refractivity contribution in [1.29, 1.82) is 0 Å². The fourth-order valence-electron chi connectivity index (χ4n) is 3.58. The van der Waals surface area contributed by atoms with Crippen molar-refractivity contribution in [2.75, 3.05) is 28.4 Å². The summed E-state index contributed by atoms with van der Waals surface area (Å²) in [6.07, 6.45) is 0. The van der Waals surface area contributed by atoms with Gasteiger partial charge in [0.1, 0.15) is 17.1 Å². The first kappa shape index (κ1) is 20.3. The van der Waals surface area contributed by atoms with Gasteiger partial charge in [-0.2, -0.15) is 0 Å². The highest BCUT2D eigenvalue weighted by atomic mass is 16.5. The third kappa shape index (κ3) is 3.57. The van der Waals surface area contributed by atoms with Gasteiger partial charge in [-0.3, -0.25) is 4.79 Å². The molecule has 6 nitrogen and oxygen atoms in total. The van der Waals surface area contributed by atoms with E-state index in [1.165, 1.54) is 0 Å². The lowest BCUT2D eigenvalue weighted by atomic mass is 9.97. The van der Waals surface area contributed by atoms with E-state index in [-0.39, 0.29) is 5.43 Å². The number of hydrogen-bond acceptors (Lipinski definition) is 6. The summed E-state index contributed by atoms with van der Waals surface area (Å²) in [6, 6.07) is 18.0. The third-order valence-corrected chi connectivity index (χ3v) is 5.10. The lowest BCUT2D eigenvalue weighted by Crippen LogP contribution is -2.07. The number of para-hydroxylation sites is 1. The van der Waals surface area contributed by atoms with Crippen LogP contribution >= 0.6 is 0 Å². The molecule has 0 atom stereocenters. The van der Waals surface area contributed by atoms with Gasteiger partial charge in [-0.15, -0.1) is 0 Å². The SMILES string of the molecule is COc1ccc(-c2c(-c3cc(OC)c(OC)c(OC)c3)oc3ccccc3c2=O)cc1. The molecule has 0 amide bonds. The highest BCUT2D eigenvalue weighted by molar-refractivity contribution is 5.90. The molecule has 6 heteroatoms. The van der Waals surface area contributed by atoms with E-state index < -0.39 is 0 Å². The first-order chi connectivity index (χ1) is 15.1. The summed E-state index contributed by atoms with van der Waals surface area (Å²) < 4.78 is 27.9. The van der Waals surface area contributed by atoms with Crippen LogP contribution in [0.25, 0.3) is 33.4 Å². The van der Waals surface area contributed by atoms with E-state index in [2.05, 4.69) is 0 Å². The van der Waals surface area contributed by atoms with Crippen molar-refractivity contribution in [3.05, 3.63) is 70.9 Å². The molecule has 1 heterocycles. The van der Waals surface area contributed by atoms with Crippen molar-refractivity contribution in [3.8, 4) is 45.4 Å². The average molecular weight is 418 g/mol. The maximum absolute atomic E-state index is 13.5. The van der Waals surface area contributed by atoms with E-state index in [1.807, 2.05) is 36.4 Å². The normalized spacial score (nSPS) is 10.7. The van der Waals surface area contributed by atoms with Gasteiger partial charge in [0, 0.05) is 5.56 Å². The van der Waals surface area contributed by atoms with E-state index in [0.717, 1.165) is 0 Å². The zero-order chi connectivity index (χ0) is 22.0. The van der Waals surface area contributed by atoms with E-state index >= 15 is 0 Å². The monoisotopic (exact) mass is 418 g/mol. The first-order valence-corrected chi connectivity index (χ1v) is 9.62. The van der Waals surface area contributed by atoms with Crippen LogP contribution in [0.3, 0.4) is 0 Å². The van der Waals surface area contributed by atoms with Gasteiger partial charge in [0.25, 0.3) is 0 Å². The van der Waals surface area contributed by atoms with Gasteiger partial charge in [-0.1, -0.05) is 24.3 Å². The second-order valence-corrected chi connectivity index (χ2v) is 6.77. The van der Waals surface area contributed by atoms with E-state index in [9.17, 15) is 4.79 Å². The van der Waals surface area contributed by atoms with Crippen LogP contribution < -0.4 is 24.4 Å². The van der Waals surface area contributed by atoms with Crippen LogP contribution in [-0.2, 0) is 0 Å². The largest absolute Gasteiger partial charge is 0.497 e. The van der Waals surface area contributed by atoms with Crippen molar-refractivity contribution in [1.82, 2.24) is 0 Å². The molecule has 0 saturated carbocycles. The molecule has 158 valence electrons. The van der Waals surface area contributed by atoms with Gasteiger partial charge in [0.05, 0.1) is 39.4 Å². The average Bonchev–Trinajstić information content (AvgIpc) is 2.83. The predicted molar refractivity (Wildman–Crippen MR) is 120 cm³/mol. The van der Waals surface area contributed by atoms with E-state index in [1.54, 1.807) is 52.7 Å². The van der Waals surface area contributed by atoms with E-state index in [4.69, 9.17) is 23.4 Å². The van der Waals surface area contributed by atoms with E-state index in [0.29, 0.717) is 56.4 Å². The van der Waals surface area contributed by atoms with Crippen molar-refractivity contribution < 1.29 is 23.4 Å². The Morgan fingerprint density at radius 2 is 1.35 bits per heavy atom. The van der Waals surface area contributed by atoms with Crippen LogP contribution in [0.4, 0.5) is 0 Å². The number of benzene rings is 3. The molecule has 0 aliphatic carbocycles. The lowest BCUT2D eigenvalue weighted by Gasteiger charge is -2.16. The maximum atomic E-state index is 13.5. The summed E-state index contributed by atoms with van der Waals surface area (Å²) >= 11 is 0. The highest BCUT2D eigenvalue weighted by Crippen LogP contribution is 2.43. The molecule has 3 aromatic carbocycles. The molecule has 0 saturated heterocycles. The molecule has 1 aromatic heterocycles. The Morgan fingerprint density at radius 1 is 0.710 bits per heavy atom. The van der Waals surface area contributed by atoms with Gasteiger partial charge < -0.3 is 23.4 Å². The van der Waals surface area contributed by atoms with Crippen molar-refractivity contribution >= 4 is 11.0 Å². The number of methoxy groups -OCH3 is 4. The van der Waals surface area contributed by atoms with Gasteiger partial charge in [-0.05, 0) is 42.0 Å². The number of ether oxygens (including phenoxy) is 4. The Morgan fingerprint density at radius 3 is 1.94 bits per heavy atom. The minimum atomic E-state index is -0.129. The minimum Gasteiger partial charge on any atom is -0.497 e. The summed E-state index contributed by atoms with van der Waals surface area (Å²) in [5.74, 6) is 2.50. The van der Waals surface area contributed by atoms with Crippen LogP contribution in [0.5, 0.6) is 23.0 Å². The maximum Gasteiger partial charge on any atom is 0.203 e. The van der Waals surface area contributed by atoms with Crippen LogP contribution in [0.15, 0.2) is 69.9 Å². The Balaban J connectivity index is 2.07. The summed E-state index contributed by atoms with van der Waals surface area (Å²) in [5, 5.41) is 0.504. The molecule has 0 N–H and O–H groups in total. The smallest absolute Gasteiger partial charge is 0.203 e. The quantitative estimate of drug-likeness (QED) is 0.431. The molecule has 0 bridgehead atoms. The van der Waals surface area contributed by atoms with Gasteiger partial charge in [0.2, 0.25) is 11.2 Å². The second-order valence-electron chi connectivity index (χ2n) is 6.77. The summed E-state index contributed by atoms with van der Waals surface area (Å²) in [5.41, 5.74) is 2.15. The molecule has 0 aliphatic rings. The number of hydrogen-bond donors (Lipinski definition) is 0. The van der Waals surface area contributed by atoms with Gasteiger partial charge in [-0.25, -0.2) is 0 Å². The molecule has 4 rings (SSSR count). The molecule has 0 fully saturated rings. The lowest BCUT2D eigenvalue weighted by molar-refractivity contribution is 0.324. The molecule has 0 radical (unpaired) electrons. The molecule has 0 spiro atoms. The molecule has 4 aromatic rings. The molecular weight excluding hydrogens is 396 g/mol. The third-order valence-electron chi connectivity index (χ3n) is 5.10. The number of fused-ring (bicyclic) bond motifs is 1. The Labute approximate surface area is 179 Å². The molecule has 31 heavy (non-hydrogen) atoms. The van der Waals surface area contributed by atoms with Crippen LogP contribution in [-0.4, -0.2) is 28.4 Å². The predicted octanol–water partition coefficient (Wildman–Crippen LogP) is 5.16. The summed E-state index contributed by atoms with van der Waals surface area (Å²) in [7, 11) is 6.23. The molecular formula is C25H22O6. The summed E-state index contributed by atoms with van der Waals surface area (Å²) in [6.45, 7) is 0. The number of rotatable bonds is 6. The minimum absolute atomic E-state index is 0.129. The Hall–Kier alpha value is -3.93. The zero-order valence-electron chi connectivity index (χ0n) is 17.7. The summed E-state index contributed by atoms with van der Waals surface area (Å²) in [4.78, 5) is 13.5. The fourth-order valence-corrected chi connectivity index (χ4v) is 3.58. The first-order valence-electron chi connectivity index (χ1n) is 9.62. The second kappa shape index (κ2) is 8.44. The van der Waals surface area contributed by atoms with Crippen LogP contribution in [0.2, 0.25) is 0 Å². The van der Waals surface area contributed by atoms with Crippen molar-refractivity contribution in [3.63, 3.8) is 0 Å². The fraction of sp³-hybridized carbons (Fsp3) is 0.160. The van der Waals surface area contributed by atoms with Crippen LogP contribution in [0.1, 0.15) is 0 Å². The molecule has 0 unspecified atom stereocenters. The van der Waals surface area contributed by atoms with Crippen molar-refractivity contribution in [2.45, 2.75) is 0 Å². The highest BCUT2D eigenvalue weighted by Gasteiger charge is 2.21. The van der Waals surface area contributed by atoms with Gasteiger partial charge in [0.15, 0.2) is 11.5 Å². The topological polar surface area (TPSA) is 67.1 Å².